The van der Waals surface area contributed by atoms with Gasteiger partial charge in [0.05, 0.1) is 0 Å². The van der Waals surface area contributed by atoms with Crippen LogP contribution in [-0.4, -0.2) is 29.1 Å². The quantitative estimate of drug-likeness (QED) is 0.379. The number of carboxylic acids is 1. The molecule has 0 aliphatic heterocycles. The Morgan fingerprint density at radius 1 is 0.840 bits per heavy atom. The highest BCUT2D eigenvalue weighted by Gasteiger charge is 2.06. The smallest absolute Gasteiger partial charge is 0.303 e. The van der Waals surface area contributed by atoms with Gasteiger partial charge in [-0.2, -0.15) is 0 Å². The SMILES string of the molecule is CCCCCCCN(CCCCCCCC(=O)O)Cc1ccccc1. The van der Waals surface area contributed by atoms with Crippen molar-refractivity contribution in [2.24, 2.45) is 0 Å². The van der Waals surface area contributed by atoms with Crippen LogP contribution in [-0.2, 0) is 11.3 Å². The van der Waals surface area contributed by atoms with Gasteiger partial charge in [0.1, 0.15) is 0 Å². The van der Waals surface area contributed by atoms with Crippen molar-refractivity contribution in [2.45, 2.75) is 84.1 Å². The van der Waals surface area contributed by atoms with E-state index in [1.54, 1.807) is 0 Å². The Hall–Kier alpha value is -1.35. The van der Waals surface area contributed by atoms with Crippen LogP contribution in [0.25, 0.3) is 0 Å². The molecule has 3 nitrogen and oxygen atoms in total. The van der Waals surface area contributed by atoms with Crippen molar-refractivity contribution in [1.29, 1.82) is 0 Å². The molecule has 0 aliphatic carbocycles. The molecule has 0 aromatic heterocycles. The fourth-order valence-electron chi connectivity index (χ4n) is 3.19. The van der Waals surface area contributed by atoms with Crippen LogP contribution in [0.1, 0.15) is 83.1 Å². The lowest BCUT2D eigenvalue weighted by Gasteiger charge is -2.22. The minimum atomic E-state index is -0.669. The fourth-order valence-corrected chi connectivity index (χ4v) is 3.19. The van der Waals surface area contributed by atoms with Crippen LogP contribution < -0.4 is 0 Å². The molecule has 0 amide bonds. The van der Waals surface area contributed by atoms with Crippen LogP contribution in [0.2, 0.25) is 0 Å². The molecule has 1 rings (SSSR count). The minimum Gasteiger partial charge on any atom is -0.481 e. The highest BCUT2D eigenvalue weighted by molar-refractivity contribution is 5.66. The van der Waals surface area contributed by atoms with Crippen molar-refractivity contribution < 1.29 is 9.90 Å². The van der Waals surface area contributed by atoms with Crippen LogP contribution >= 0.6 is 0 Å². The molecule has 142 valence electrons. The van der Waals surface area contributed by atoms with Gasteiger partial charge in [-0.15, -0.1) is 0 Å². The number of hydrogen-bond acceptors (Lipinski definition) is 2. The van der Waals surface area contributed by atoms with E-state index in [2.05, 4.69) is 42.2 Å². The average molecular weight is 348 g/mol. The summed E-state index contributed by atoms with van der Waals surface area (Å²) in [6.45, 7) is 5.66. The first-order chi connectivity index (χ1) is 12.2. The van der Waals surface area contributed by atoms with Crippen molar-refractivity contribution >= 4 is 5.97 Å². The van der Waals surface area contributed by atoms with Gasteiger partial charge < -0.3 is 5.11 Å². The molecule has 0 atom stereocenters. The number of benzene rings is 1. The average Bonchev–Trinajstić information content (AvgIpc) is 2.61. The topological polar surface area (TPSA) is 40.5 Å². The Morgan fingerprint density at radius 3 is 2.00 bits per heavy atom. The molecular weight excluding hydrogens is 310 g/mol. The first-order valence-electron chi connectivity index (χ1n) is 10.2. The molecule has 0 unspecified atom stereocenters. The molecule has 0 fully saturated rings. The van der Waals surface area contributed by atoms with Crippen molar-refractivity contribution in [3.63, 3.8) is 0 Å². The lowest BCUT2D eigenvalue weighted by atomic mass is 10.1. The molecule has 0 spiro atoms. The summed E-state index contributed by atoms with van der Waals surface area (Å²) in [7, 11) is 0. The lowest BCUT2D eigenvalue weighted by Crippen LogP contribution is -2.25. The Bertz CT molecular complexity index is 433. The van der Waals surface area contributed by atoms with E-state index in [0.29, 0.717) is 6.42 Å². The molecule has 1 aromatic rings. The highest BCUT2D eigenvalue weighted by Crippen LogP contribution is 2.11. The van der Waals surface area contributed by atoms with Gasteiger partial charge in [0.2, 0.25) is 0 Å². The maximum absolute atomic E-state index is 10.5. The Kier molecular flexibility index (Phi) is 13.0. The largest absolute Gasteiger partial charge is 0.481 e. The van der Waals surface area contributed by atoms with Gasteiger partial charge in [-0.3, -0.25) is 9.69 Å². The third-order valence-electron chi connectivity index (χ3n) is 4.69. The zero-order valence-corrected chi connectivity index (χ0v) is 16.1. The summed E-state index contributed by atoms with van der Waals surface area (Å²) in [6, 6.07) is 10.8. The molecule has 25 heavy (non-hydrogen) atoms. The molecule has 1 N–H and O–H groups in total. The second kappa shape index (κ2) is 14.9. The summed E-state index contributed by atoms with van der Waals surface area (Å²) in [4.78, 5) is 13.1. The molecule has 0 saturated heterocycles. The van der Waals surface area contributed by atoms with E-state index in [1.165, 1.54) is 57.1 Å². The molecule has 0 heterocycles. The number of unbranched alkanes of at least 4 members (excludes halogenated alkanes) is 8. The van der Waals surface area contributed by atoms with E-state index in [1.807, 2.05) is 0 Å². The lowest BCUT2D eigenvalue weighted by molar-refractivity contribution is -0.137. The summed E-state index contributed by atoms with van der Waals surface area (Å²) in [5.74, 6) is -0.669. The van der Waals surface area contributed by atoms with Crippen molar-refractivity contribution in [2.75, 3.05) is 13.1 Å². The van der Waals surface area contributed by atoms with Crippen molar-refractivity contribution in [1.82, 2.24) is 4.90 Å². The van der Waals surface area contributed by atoms with Gasteiger partial charge in [-0.05, 0) is 37.9 Å². The highest BCUT2D eigenvalue weighted by atomic mass is 16.4. The van der Waals surface area contributed by atoms with E-state index in [-0.39, 0.29) is 0 Å². The fraction of sp³-hybridized carbons (Fsp3) is 0.682. The predicted octanol–water partition coefficient (Wildman–Crippen LogP) is 5.88. The summed E-state index contributed by atoms with van der Waals surface area (Å²) < 4.78 is 0. The summed E-state index contributed by atoms with van der Waals surface area (Å²) in [5.41, 5.74) is 1.40. The van der Waals surface area contributed by atoms with E-state index in [9.17, 15) is 4.79 Å². The third-order valence-corrected chi connectivity index (χ3v) is 4.69. The first kappa shape index (κ1) is 21.7. The summed E-state index contributed by atoms with van der Waals surface area (Å²) in [6.07, 6.45) is 12.4. The Labute approximate surface area is 154 Å². The van der Waals surface area contributed by atoms with Crippen LogP contribution in [0.5, 0.6) is 0 Å². The molecule has 0 bridgehead atoms. The van der Waals surface area contributed by atoms with Gasteiger partial charge in [-0.1, -0.05) is 82.2 Å². The minimum absolute atomic E-state index is 0.317. The van der Waals surface area contributed by atoms with E-state index in [4.69, 9.17) is 5.11 Å². The second-order valence-corrected chi connectivity index (χ2v) is 7.09. The van der Waals surface area contributed by atoms with E-state index >= 15 is 0 Å². The van der Waals surface area contributed by atoms with Gasteiger partial charge in [-0.25, -0.2) is 0 Å². The van der Waals surface area contributed by atoms with Gasteiger partial charge in [0.25, 0.3) is 0 Å². The molecule has 3 heteroatoms. The third kappa shape index (κ3) is 12.6. The zero-order valence-electron chi connectivity index (χ0n) is 16.1. The number of hydrogen-bond donors (Lipinski definition) is 1. The summed E-state index contributed by atoms with van der Waals surface area (Å²) in [5, 5.41) is 8.66. The van der Waals surface area contributed by atoms with Gasteiger partial charge in [0.15, 0.2) is 0 Å². The maximum atomic E-state index is 10.5. The van der Waals surface area contributed by atoms with Crippen LogP contribution in [0.15, 0.2) is 30.3 Å². The Balaban J connectivity index is 2.23. The van der Waals surface area contributed by atoms with Gasteiger partial charge >= 0.3 is 5.97 Å². The number of carbonyl (C=O) groups is 1. The Morgan fingerprint density at radius 2 is 1.40 bits per heavy atom. The van der Waals surface area contributed by atoms with E-state index < -0.39 is 5.97 Å². The number of carboxylic acid groups (broad SMARTS) is 1. The normalized spacial score (nSPS) is 11.1. The molecule has 0 aliphatic rings. The van der Waals surface area contributed by atoms with Crippen molar-refractivity contribution in [3.05, 3.63) is 35.9 Å². The number of rotatable bonds is 16. The standard InChI is InChI=1S/C22H37NO2/c1-2-3-4-7-13-18-23(20-21-15-10-9-11-16-21)19-14-8-5-6-12-17-22(24)25/h9-11,15-16H,2-8,12-14,17-20H2,1H3,(H,24,25). The molecular formula is C22H37NO2. The van der Waals surface area contributed by atoms with Crippen LogP contribution in [0.3, 0.4) is 0 Å². The maximum Gasteiger partial charge on any atom is 0.303 e. The van der Waals surface area contributed by atoms with Crippen LogP contribution in [0.4, 0.5) is 0 Å². The molecule has 0 saturated carbocycles. The van der Waals surface area contributed by atoms with Crippen LogP contribution in [0, 0.1) is 0 Å². The first-order valence-corrected chi connectivity index (χ1v) is 10.2. The van der Waals surface area contributed by atoms with E-state index in [0.717, 1.165) is 32.4 Å². The predicted molar refractivity (Wildman–Crippen MR) is 106 cm³/mol. The number of nitrogens with zero attached hydrogens (tertiary/aromatic N) is 1. The second-order valence-electron chi connectivity index (χ2n) is 7.09. The molecule has 0 radical (unpaired) electrons. The monoisotopic (exact) mass is 347 g/mol. The van der Waals surface area contributed by atoms with Crippen molar-refractivity contribution in [3.8, 4) is 0 Å². The zero-order chi connectivity index (χ0) is 18.2. The summed E-state index contributed by atoms with van der Waals surface area (Å²) >= 11 is 0. The molecule has 1 aromatic carbocycles. The number of aliphatic carboxylic acids is 1. The van der Waals surface area contributed by atoms with Gasteiger partial charge in [0, 0.05) is 13.0 Å².